The molecule has 106 valence electrons. The summed E-state index contributed by atoms with van der Waals surface area (Å²) in [6, 6.07) is 21.1. The minimum atomic E-state index is 0.261. The highest BCUT2D eigenvalue weighted by Gasteiger charge is 2.06. The zero-order chi connectivity index (χ0) is 14.0. The van der Waals surface area contributed by atoms with Gasteiger partial charge < -0.3 is 5.11 Å². The van der Waals surface area contributed by atoms with Gasteiger partial charge in [-0.1, -0.05) is 60.7 Å². The van der Waals surface area contributed by atoms with Gasteiger partial charge >= 0.3 is 0 Å². The Labute approximate surface area is 121 Å². The molecule has 0 aliphatic heterocycles. The van der Waals surface area contributed by atoms with Gasteiger partial charge in [0, 0.05) is 26.2 Å². The molecule has 2 nitrogen and oxygen atoms in total. The minimum absolute atomic E-state index is 0.261. The van der Waals surface area contributed by atoms with E-state index in [0.29, 0.717) is 0 Å². The molecule has 0 aromatic heterocycles. The van der Waals surface area contributed by atoms with Crippen LogP contribution in [-0.2, 0) is 13.0 Å². The summed E-state index contributed by atoms with van der Waals surface area (Å²) in [6.45, 7) is 3.18. The van der Waals surface area contributed by atoms with E-state index in [1.165, 1.54) is 11.1 Å². The number of rotatable bonds is 8. The lowest BCUT2D eigenvalue weighted by atomic mass is 10.1. The van der Waals surface area contributed by atoms with Crippen LogP contribution < -0.4 is 0 Å². The Balaban J connectivity index is 1.89. The monoisotopic (exact) mass is 269 g/mol. The van der Waals surface area contributed by atoms with Crippen LogP contribution in [0.3, 0.4) is 0 Å². The van der Waals surface area contributed by atoms with Gasteiger partial charge in [-0.2, -0.15) is 0 Å². The second-order valence-corrected chi connectivity index (χ2v) is 5.07. The van der Waals surface area contributed by atoms with Gasteiger partial charge in [0.25, 0.3) is 0 Å². The quantitative estimate of drug-likeness (QED) is 0.796. The summed E-state index contributed by atoms with van der Waals surface area (Å²) in [4.78, 5) is 2.42. The summed E-state index contributed by atoms with van der Waals surface area (Å²) in [5, 5.41) is 9.04. The maximum absolute atomic E-state index is 9.04. The van der Waals surface area contributed by atoms with Crippen LogP contribution in [-0.4, -0.2) is 29.7 Å². The lowest BCUT2D eigenvalue weighted by Crippen LogP contribution is -2.27. The first-order chi connectivity index (χ1) is 9.88. The third-order valence-corrected chi connectivity index (χ3v) is 3.44. The van der Waals surface area contributed by atoms with Crippen molar-refractivity contribution in [1.29, 1.82) is 0 Å². The molecule has 2 aromatic rings. The van der Waals surface area contributed by atoms with Crippen LogP contribution in [0, 0.1) is 0 Å². The minimum Gasteiger partial charge on any atom is -0.396 e. The second-order valence-electron chi connectivity index (χ2n) is 5.07. The molecule has 0 amide bonds. The van der Waals surface area contributed by atoms with Crippen LogP contribution in [0.1, 0.15) is 17.5 Å². The van der Waals surface area contributed by atoms with Crippen molar-refractivity contribution in [3.63, 3.8) is 0 Å². The molecular weight excluding hydrogens is 246 g/mol. The summed E-state index contributed by atoms with van der Waals surface area (Å²) < 4.78 is 0. The molecule has 0 atom stereocenters. The van der Waals surface area contributed by atoms with E-state index in [0.717, 1.165) is 32.5 Å². The van der Waals surface area contributed by atoms with Gasteiger partial charge in [0.15, 0.2) is 0 Å². The van der Waals surface area contributed by atoms with E-state index < -0.39 is 0 Å². The topological polar surface area (TPSA) is 23.5 Å². The Hall–Kier alpha value is -1.64. The molecule has 20 heavy (non-hydrogen) atoms. The predicted molar refractivity (Wildman–Crippen MR) is 83.6 cm³/mol. The van der Waals surface area contributed by atoms with Crippen molar-refractivity contribution in [1.82, 2.24) is 4.90 Å². The summed E-state index contributed by atoms with van der Waals surface area (Å²) in [5.74, 6) is 0. The molecule has 0 heterocycles. The lowest BCUT2D eigenvalue weighted by molar-refractivity contribution is 0.220. The largest absolute Gasteiger partial charge is 0.396 e. The molecule has 0 radical (unpaired) electrons. The van der Waals surface area contributed by atoms with E-state index in [-0.39, 0.29) is 6.61 Å². The molecule has 0 aliphatic carbocycles. The smallest absolute Gasteiger partial charge is 0.0443 e. The second kappa shape index (κ2) is 8.51. The van der Waals surface area contributed by atoms with Gasteiger partial charge in [-0.15, -0.1) is 0 Å². The van der Waals surface area contributed by atoms with Crippen LogP contribution in [0.4, 0.5) is 0 Å². The van der Waals surface area contributed by atoms with Crippen molar-refractivity contribution < 1.29 is 5.11 Å². The zero-order valence-electron chi connectivity index (χ0n) is 11.9. The third-order valence-electron chi connectivity index (χ3n) is 3.44. The molecule has 0 fully saturated rings. The van der Waals surface area contributed by atoms with Crippen LogP contribution in [0.25, 0.3) is 0 Å². The Kier molecular flexibility index (Phi) is 6.28. The number of aliphatic hydroxyl groups is 1. The third kappa shape index (κ3) is 5.16. The number of hydrogen-bond acceptors (Lipinski definition) is 2. The van der Waals surface area contributed by atoms with E-state index in [2.05, 4.69) is 59.5 Å². The van der Waals surface area contributed by atoms with Crippen molar-refractivity contribution in [3.8, 4) is 0 Å². The fraction of sp³-hybridized carbons (Fsp3) is 0.333. The number of hydrogen-bond donors (Lipinski definition) is 1. The summed E-state index contributed by atoms with van der Waals surface area (Å²) in [5.41, 5.74) is 2.70. The highest BCUT2D eigenvalue weighted by Crippen LogP contribution is 2.07. The number of benzene rings is 2. The van der Waals surface area contributed by atoms with E-state index in [1.807, 2.05) is 6.07 Å². The molecule has 0 unspecified atom stereocenters. The fourth-order valence-electron chi connectivity index (χ4n) is 2.34. The SMILES string of the molecule is OCCCN(CCc1ccccc1)Cc1ccccc1. The first kappa shape index (κ1) is 14.8. The molecular formula is C18H23NO. The zero-order valence-corrected chi connectivity index (χ0v) is 11.9. The molecule has 2 rings (SSSR count). The van der Waals surface area contributed by atoms with Gasteiger partial charge in [0.05, 0.1) is 0 Å². The summed E-state index contributed by atoms with van der Waals surface area (Å²) >= 11 is 0. The van der Waals surface area contributed by atoms with Crippen molar-refractivity contribution in [3.05, 3.63) is 71.8 Å². The van der Waals surface area contributed by atoms with E-state index in [1.54, 1.807) is 0 Å². The van der Waals surface area contributed by atoms with Gasteiger partial charge in [-0.25, -0.2) is 0 Å². The van der Waals surface area contributed by atoms with E-state index in [4.69, 9.17) is 5.11 Å². The van der Waals surface area contributed by atoms with Gasteiger partial charge in [-0.05, 0) is 24.0 Å². The maximum Gasteiger partial charge on any atom is 0.0443 e. The van der Waals surface area contributed by atoms with Crippen LogP contribution in [0.5, 0.6) is 0 Å². The van der Waals surface area contributed by atoms with Gasteiger partial charge in [0.1, 0.15) is 0 Å². The average Bonchev–Trinajstić information content (AvgIpc) is 2.52. The van der Waals surface area contributed by atoms with Crippen LogP contribution in [0.15, 0.2) is 60.7 Å². The van der Waals surface area contributed by atoms with Crippen molar-refractivity contribution >= 4 is 0 Å². The molecule has 0 spiro atoms. The molecule has 1 N–H and O–H groups in total. The van der Waals surface area contributed by atoms with E-state index in [9.17, 15) is 0 Å². The fourth-order valence-corrected chi connectivity index (χ4v) is 2.34. The molecule has 0 saturated heterocycles. The van der Waals surface area contributed by atoms with Crippen molar-refractivity contribution in [2.24, 2.45) is 0 Å². The Morgan fingerprint density at radius 2 is 1.35 bits per heavy atom. The average molecular weight is 269 g/mol. The van der Waals surface area contributed by atoms with Crippen LogP contribution >= 0.6 is 0 Å². The summed E-state index contributed by atoms with van der Waals surface area (Å²) in [7, 11) is 0. The highest BCUT2D eigenvalue weighted by molar-refractivity contribution is 5.16. The first-order valence-corrected chi connectivity index (χ1v) is 7.29. The number of aliphatic hydroxyl groups excluding tert-OH is 1. The molecule has 2 aromatic carbocycles. The van der Waals surface area contributed by atoms with Crippen molar-refractivity contribution in [2.75, 3.05) is 19.7 Å². The van der Waals surface area contributed by atoms with Crippen LogP contribution in [0.2, 0.25) is 0 Å². The predicted octanol–water partition coefficient (Wildman–Crippen LogP) is 3.11. The Morgan fingerprint density at radius 3 is 1.95 bits per heavy atom. The Morgan fingerprint density at radius 1 is 0.750 bits per heavy atom. The summed E-state index contributed by atoms with van der Waals surface area (Å²) in [6.07, 6.45) is 1.89. The van der Waals surface area contributed by atoms with Crippen molar-refractivity contribution in [2.45, 2.75) is 19.4 Å². The standard InChI is InChI=1S/C18H23NO/c20-15-7-13-19(16-18-10-5-2-6-11-18)14-12-17-8-3-1-4-9-17/h1-6,8-11,20H,7,12-16H2. The molecule has 0 aliphatic rings. The number of nitrogens with zero attached hydrogens (tertiary/aromatic N) is 1. The first-order valence-electron chi connectivity index (χ1n) is 7.29. The lowest BCUT2D eigenvalue weighted by Gasteiger charge is -2.22. The van der Waals surface area contributed by atoms with Gasteiger partial charge in [0.2, 0.25) is 0 Å². The maximum atomic E-state index is 9.04. The molecule has 0 bridgehead atoms. The van der Waals surface area contributed by atoms with Gasteiger partial charge in [-0.3, -0.25) is 4.90 Å². The highest BCUT2D eigenvalue weighted by atomic mass is 16.3. The van der Waals surface area contributed by atoms with E-state index >= 15 is 0 Å². The molecule has 2 heteroatoms. The normalized spacial score (nSPS) is 10.9. The Bertz CT molecular complexity index is 469. The molecule has 0 saturated carbocycles.